The van der Waals surface area contributed by atoms with Crippen molar-refractivity contribution in [2.45, 2.75) is 30.9 Å². The highest BCUT2D eigenvalue weighted by Crippen LogP contribution is 2.42. The summed E-state index contributed by atoms with van der Waals surface area (Å²) in [5, 5.41) is 0. The van der Waals surface area contributed by atoms with Crippen LogP contribution in [0.4, 0.5) is 4.39 Å². The lowest BCUT2D eigenvalue weighted by molar-refractivity contribution is -0.129. The molecule has 5 rings (SSSR count). The summed E-state index contributed by atoms with van der Waals surface area (Å²) in [6.07, 6.45) is 2.81. The van der Waals surface area contributed by atoms with Crippen LogP contribution in [0.1, 0.15) is 28.7 Å². The van der Waals surface area contributed by atoms with Crippen molar-refractivity contribution in [1.29, 1.82) is 0 Å². The lowest BCUT2D eigenvalue weighted by atomic mass is 9.79. The monoisotopic (exact) mass is 473 g/mol. The molecule has 180 valence electrons. The molecule has 3 aromatic carbocycles. The molecule has 0 bridgehead atoms. The van der Waals surface area contributed by atoms with E-state index in [4.69, 9.17) is 20.2 Å². The summed E-state index contributed by atoms with van der Waals surface area (Å²) in [6, 6.07) is 17.9. The van der Waals surface area contributed by atoms with E-state index >= 15 is 0 Å². The maximum absolute atomic E-state index is 14.8. The van der Waals surface area contributed by atoms with Crippen molar-refractivity contribution < 1.29 is 18.7 Å². The van der Waals surface area contributed by atoms with Gasteiger partial charge in [-0.3, -0.25) is 9.69 Å². The summed E-state index contributed by atoms with van der Waals surface area (Å²) in [5.74, 6) is 0.0646. The zero-order valence-electron chi connectivity index (χ0n) is 20.0. The highest BCUT2D eigenvalue weighted by atomic mass is 19.1. The second-order valence-electron chi connectivity index (χ2n) is 9.06. The molecule has 1 amide bonds. The van der Waals surface area contributed by atoms with Crippen LogP contribution in [0.5, 0.6) is 5.75 Å². The Labute approximate surface area is 204 Å². The van der Waals surface area contributed by atoms with E-state index < -0.39 is 5.54 Å². The second kappa shape index (κ2) is 8.82. The van der Waals surface area contributed by atoms with Gasteiger partial charge in [0.25, 0.3) is 5.91 Å². The van der Waals surface area contributed by atoms with Crippen LogP contribution in [0.25, 0.3) is 11.1 Å². The number of aliphatic imine (C=N–C) groups is 1. The lowest BCUT2D eigenvalue weighted by Crippen LogP contribution is -2.41. The predicted octanol–water partition coefficient (Wildman–Crippen LogP) is 4.04. The Hall–Kier alpha value is -3.71. The number of likely N-dealkylation sites (N-methyl/N-ethyl adjacent to an activating group) is 1. The van der Waals surface area contributed by atoms with E-state index in [9.17, 15) is 9.18 Å². The normalized spacial score (nSPS) is 21.6. The minimum absolute atomic E-state index is 0.144. The molecule has 0 saturated heterocycles. The Morgan fingerprint density at radius 2 is 1.86 bits per heavy atom. The number of carbonyl (C=O) groups excluding carboxylic acids is 1. The Balaban J connectivity index is 1.67. The van der Waals surface area contributed by atoms with E-state index in [1.165, 1.54) is 29.2 Å². The molecule has 35 heavy (non-hydrogen) atoms. The van der Waals surface area contributed by atoms with Crippen molar-refractivity contribution in [3.05, 3.63) is 88.7 Å². The number of aryl methyl sites for hydroxylation is 1. The standard InChI is InChI=1S/C28H28FN3O3/c1-32-26(33)28(31-27(32)30,21-9-7-18-15-22(34-2)10-8-17(18)13-21)20-6-4-5-19(14-20)24-16-23(35-3)11-12-25(24)29/h4-7,9,11-14,16,22H,8,10,15H2,1-3H3,(H2,30,31). The molecule has 7 heteroatoms. The third-order valence-electron chi connectivity index (χ3n) is 7.15. The SMILES string of the molecule is COc1ccc(F)c(-c2cccc(C3(c4ccc5c(c4)CCC(OC)C5)N=C(N)N(C)C3=O)c2)c1. The van der Waals surface area contributed by atoms with Gasteiger partial charge in [-0.2, -0.15) is 0 Å². The molecule has 0 saturated carbocycles. The van der Waals surface area contributed by atoms with E-state index in [0.717, 1.165) is 24.8 Å². The summed E-state index contributed by atoms with van der Waals surface area (Å²) in [7, 11) is 4.90. The van der Waals surface area contributed by atoms with E-state index in [-0.39, 0.29) is 23.8 Å². The number of amides is 1. The summed E-state index contributed by atoms with van der Waals surface area (Å²) in [4.78, 5) is 19.8. The first-order valence-corrected chi connectivity index (χ1v) is 11.6. The van der Waals surface area contributed by atoms with Crippen LogP contribution in [0.2, 0.25) is 0 Å². The molecule has 0 radical (unpaired) electrons. The number of guanidine groups is 1. The summed E-state index contributed by atoms with van der Waals surface area (Å²) in [6.45, 7) is 0. The van der Waals surface area contributed by atoms with Gasteiger partial charge in [-0.25, -0.2) is 9.38 Å². The number of rotatable bonds is 5. The van der Waals surface area contributed by atoms with Gasteiger partial charge in [-0.05, 0) is 71.3 Å². The molecule has 1 aliphatic heterocycles. The van der Waals surface area contributed by atoms with Gasteiger partial charge in [0.2, 0.25) is 0 Å². The number of carbonyl (C=O) groups is 1. The van der Waals surface area contributed by atoms with Gasteiger partial charge in [-0.15, -0.1) is 0 Å². The quantitative estimate of drug-likeness (QED) is 0.607. The van der Waals surface area contributed by atoms with Crippen molar-refractivity contribution in [3.8, 4) is 16.9 Å². The Bertz CT molecular complexity index is 1340. The number of nitrogens with zero attached hydrogens (tertiary/aromatic N) is 2. The van der Waals surface area contributed by atoms with Crippen molar-refractivity contribution in [2.75, 3.05) is 21.3 Å². The Kier molecular flexibility index (Phi) is 5.81. The van der Waals surface area contributed by atoms with Gasteiger partial charge in [-0.1, -0.05) is 36.4 Å². The van der Waals surface area contributed by atoms with Crippen LogP contribution in [0.3, 0.4) is 0 Å². The third kappa shape index (κ3) is 3.76. The number of benzene rings is 3. The first-order valence-electron chi connectivity index (χ1n) is 11.6. The third-order valence-corrected chi connectivity index (χ3v) is 7.15. The molecule has 0 spiro atoms. The van der Waals surface area contributed by atoms with Gasteiger partial charge in [0, 0.05) is 19.7 Å². The van der Waals surface area contributed by atoms with Crippen LogP contribution in [0, 0.1) is 5.82 Å². The van der Waals surface area contributed by atoms with Crippen molar-refractivity contribution in [2.24, 2.45) is 10.7 Å². The number of hydrogen-bond acceptors (Lipinski definition) is 5. The molecule has 1 aliphatic carbocycles. The molecule has 2 atom stereocenters. The summed E-state index contributed by atoms with van der Waals surface area (Å²) in [5.41, 5.74) is 9.58. The van der Waals surface area contributed by atoms with Crippen LogP contribution in [-0.4, -0.2) is 44.1 Å². The average Bonchev–Trinajstić information content (AvgIpc) is 3.13. The zero-order chi connectivity index (χ0) is 24.7. The van der Waals surface area contributed by atoms with Gasteiger partial charge >= 0.3 is 0 Å². The average molecular weight is 474 g/mol. The number of hydrogen-bond donors (Lipinski definition) is 1. The largest absolute Gasteiger partial charge is 0.497 e. The fourth-order valence-corrected chi connectivity index (χ4v) is 5.10. The highest BCUT2D eigenvalue weighted by Gasteiger charge is 2.49. The first kappa shape index (κ1) is 23.1. The molecule has 0 fully saturated rings. The molecular formula is C28H28FN3O3. The molecule has 1 heterocycles. The maximum atomic E-state index is 14.8. The number of ether oxygens (including phenoxy) is 2. The van der Waals surface area contributed by atoms with Gasteiger partial charge < -0.3 is 15.2 Å². The predicted molar refractivity (Wildman–Crippen MR) is 133 cm³/mol. The smallest absolute Gasteiger partial charge is 0.266 e. The molecule has 2 aliphatic rings. The van der Waals surface area contributed by atoms with E-state index in [2.05, 4.69) is 12.1 Å². The summed E-state index contributed by atoms with van der Waals surface area (Å²) >= 11 is 0. The van der Waals surface area contributed by atoms with E-state index in [0.29, 0.717) is 22.4 Å². The van der Waals surface area contributed by atoms with Gasteiger partial charge in [0.1, 0.15) is 11.6 Å². The molecule has 0 aromatic heterocycles. The van der Waals surface area contributed by atoms with Crippen molar-refractivity contribution in [3.63, 3.8) is 0 Å². The van der Waals surface area contributed by atoms with Gasteiger partial charge in [0.15, 0.2) is 11.5 Å². The van der Waals surface area contributed by atoms with Crippen LogP contribution < -0.4 is 10.5 Å². The number of fused-ring (bicyclic) bond motifs is 1. The molecule has 3 aromatic rings. The molecule has 2 unspecified atom stereocenters. The van der Waals surface area contributed by atoms with E-state index in [1.54, 1.807) is 26.3 Å². The zero-order valence-corrected chi connectivity index (χ0v) is 20.0. The topological polar surface area (TPSA) is 77.2 Å². The van der Waals surface area contributed by atoms with E-state index in [1.807, 2.05) is 30.3 Å². The van der Waals surface area contributed by atoms with Crippen molar-refractivity contribution >= 4 is 11.9 Å². The lowest BCUT2D eigenvalue weighted by Gasteiger charge is -2.29. The molecule has 2 N–H and O–H groups in total. The Morgan fingerprint density at radius 3 is 2.57 bits per heavy atom. The minimum atomic E-state index is -1.35. The highest BCUT2D eigenvalue weighted by molar-refractivity contribution is 6.09. The number of nitrogens with two attached hydrogens (primary N) is 1. The van der Waals surface area contributed by atoms with Crippen LogP contribution in [-0.2, 0) is 27.9 Å². The van der Waals surface area contributed by atoms with Crippen LogP contribution >= 0.6 is 0 Å². The second-order valence-corrected chi connectivity index (χ2v) is 9.06. The van der Waals surface area contributed by atoms with Crippen molar-refractivity contribution in [1.82, 2.24) is 4.90 Å². The van der Waals surface area contributed by atoms with Gasteiger partial charge in [0.05, 0.1) is 13.2 Å². The molecular weight excluding hydrogens is 445 g/mol. The number of halogens is 1. The first-order chi connectivity index (χ1) is 16.9. The number of methoxy groups -OCH3 is 2. The fraction of sp³-hybridized carbons (Fsp3) is 0.286. The fourth-order valence-electron chi connectivity index (χ4n) is 5.10. The van der Waals surface area contributed by atoms with Crippen LogP contribution in [0.15, 0.2) is 65.7 Å². The summed E-state index contributed by atoms with van der Waals surface area (Å²) < 4.78 is 25.6. The maximum Gasteiger partial charge on any atom is 0.266 e. The molecule has 6 nitrogen and oxygen atoms in total. The minimum Gasteiger partial charge on any atom is -0.497 e. The Morgan fingerprint density at radius 1 is 1.06 bits per heavy atom.